The van der Waals surface area contributed by atoms with Gasteiger partial charge in [0.25, 0.3) is 5.91 Å². The van der Waals surface area contributed by atoms with Crippen molar-refractivity contribution in [2.24, 2.45) is 0 Å². The molecule has 1 aromatic heterocycles. The van der Waals surface area contributed by atoms with E-state index in [0.29, 0.717) is 16.8 Å². The monoisotopic (exact) mass is 263 g/mol. The Labute approximate surface area is 109 Å². The Kier molecular flexibility index (Phi) is 3.62. The van der Waals surface area contributed by atoms with Gasteiger partial charge in [-0.2, -0.15) is 0 Å². The molecule has 0 spiro atoms. The first-order valence-corrected chi connectivity index (χ1v) is 6.46. The third kappa shape index (κ3) is 2.36. The Morgan fingerprint density at radius 3 is 2.94 bits per heavy atom. The smallest absolute Gasteiger partial charge is 0.340 e. The van der Waals surface area contributed by atoms with Crippen LogP contribution >= 0.6 is 11.3 Å². The van der Waals surface area contributed by atoms with Gasteiger partial charge in [0.15, 0.2) is 0 Å². The number of hydrogen-bond donors (Lipinski definition) is 1. The summed E-state index contributed by atoms with van der Waals surface area (Å²) in [6.07, 6.45) is 1.71. The number of carbonyl (C=O) groups is 2. The molecule has 0 aromatic carbocycles. The van der Waals surface area contributed by atoms with Crippen molar-refractivity contribution >= 4 is 29.3 Å². The number of thiophene rings is 1. The lowest BCUT2D eigenvalue weighted by molar-refractivity contribution is -0.138. The van der Waals surface area contributed by atoms with Gasteiger partial charge in [-0.1, -0.05) is 6.07 Å². The van der Waals surface area contributed by atoms with Gasteiger partial charge in [0.05, 0.1) is 17.8 Å². The number of hydrogen-bond acceptors (Lipinski definition) is 4. The van der Waals surface area contributed by atoms with Crippen LogP contribution in [0.15, 0.2) is 34.4 Å². The average Bonchev–Trinajstić information content (AvgIpc) is 2.89. The molecule has 0 aliphatic carbocycles. The molecule has 18 heavy (non-hydrogen) atoms. The van der Waals surface area contributed by atoms with E-state index in [9.17, 15) is 9.59 Å². The molecule has 1 amide bonds. The van der Waals surface area contributed by atoms with Crippen LogP contribution in [0, 0.1) is 0 Å². The molecule has 2 heterocycles. The topological polar surface area (TPSA) is 55.4 Å². The lowest BCUT2D eigenvalue weighted by atomic mass is 10.1. The van der Waals surface area contributed by atoms with Crippen molar-refractivity contribution in [2.75, 3.05) is 6.61 Å². The van der Waals surface area contributed by atoms with Crippen LogP contribution in [0.3, 0.4) is 0 Å². The highest BCUT2D eigenvalue weighted by Crippen LogP contribution is 2.26. The van der Waals surface area contributed by atoms with Crippen LogP contribution < -0.4 is 5.32 Å². The summed E-state index contributed by atoms with van der Waals surface area (Å²) < 4.78 is 4.97. The molecule has 1 aliphatic heterocycles. The maximum Gasteiger partial charge on any atom is 0.340 e. The standard InChI is InChI=1S/C13H13NO3S/c1-3-17-13(16)11-8(2)14-12(15)10(11)7-9-5-4-6-18-9/h4-7H,3H2,1-2H3,(H,14,15). The molecule has 0 bridgehead atoms. The lowest BCUT2D eigenvalue weighted by Gasteiger charge is -2.03. The van der Waals surface area contributed by atoms with Gasteiger partial charge in [-0.05, 0) is 31.4 Å². The number of allylic oxidation sites excluding steroid dienone is 1. The zero-order valence-corrected chi connectivity index (χ0v) is 11.0. The second-order valence-electron chi connectivity index (χ2n) is 3.75. The molecule has 4 nitrogen and oxygen atoms in total. The summed E-state index contributed by atoms with van der Waals surface area (Å²) in [7, 11) is 0. The van der Waals surface area contributed by atoms with Crippen molar-refractivity contribution in [3.8, 4) is 0 Å². The van der Waals surface area contributed by atoms with E-state index >= 15 is 0 Å². The van der Waals surface area contributed by atoms with Crippen LogP contribution in [0.4, 0.5) is 0 Å². The third-order valence-corrected chi connectivity index (χ3v) is 3.32. The molecule has 0 atom stereocenters. The molecule has 0 unspecified atom stereocenters. The summed E-state index contributed by atoms with van der Waals surface area (Å²) in [5.74, 6) is -0.722. The molecule has 1 N–H and O–H groups in total. The second kappa shape index (κ2) is 5.18. The van der Waals surface area contributed by atoms with Crippen molar-refractivity contribution in [3.05, 3.63) is 39.2 Å². The Hall–Kier alpha value is -1.88. The van der Waals surface area contributed by atoms with Crippen LogP contribution in [0.5, 0.6) is 0 Å². The van der Waals surface area contributed by atoms with E-state index < -0.39 is 5.97 Å². The maximum atomic E-state index is 11.8. The van der Waals surface area contributed by atoms with Crippen molar-refractivity contribution in [2.45, 2.75) is 13.8 Å². The fourth-order valence-electron chi connectivity index (χ4n) is 1.74. The van der Waals surface area contributed by atoms with E-state index in [1.807, 2.05) is 17.5 Å². The Balaban J connectivity index is 2.38. The van der Waals surface area contributed by atoms with Gasteiger partial charge >= 0.3 is 5.97 Å². The molecular weight excluding hydrogens is 250 g/mol. The molecule has 1 aliphatic rings. The fraction of sp³-hybridized carbons (Fsp3) is 0.231. The van der Waals surface area contributed by atoms with Gasteiger partial charge in [0.2, 0.25) is 0 Å². The maximum absolute atomic E-state index is 11.8. The molecule has 0 saturated heterocycles. The summed E-state index contributed by atoms with van der Waals surface area (Å²) >= 11 is 1.51. The third-order valence-electron chi connectivity index (χ3n) is 2.50. The van der Waals surface area contributed by atoms with Gasteiger partial charge in [-0.3, -0.25) is 4.79 Å². The van der Waals surface area contributed by atoms with Crippen molar-refractivity contribution in [3.63, 3.8) is 0 Å². The molecular formula is C13H13NO3S. The summed E-state index contributed by atoms with van der Waals surface area (Å²) in [5.41, 5.74) is 1.24. The van der Waals surface area contributed by atoms with Crippen molar-refractivity contribution < 1.29 is 14.3 Å². The van der Waals surface area contributed by atoms with Gasteiger partial charge < -0.3 is 10.1 Å². The summed E-state index contributed by atoms with van der Waals surface area (Å²) in [6.45, 7) is 3.72. The minimum absolute atomic E-state index is 0.260. The summed E-state index contributed by atoms with van der Waals surface area (Å²) in [5, 5.41) is 4.56. The number of rotatable bonds is 3. The molecule has 1 aromatic rings. The van der Waals surface area contributed by atoms with Crippen LogP contribution in [0.2, 0.25) is 0 Å². The highest BCUT2D eigenvalue weighted by molar-refractivity contribution is 7.10. The van der Waals surface area contributed by atoms with Crippen LogP contribution in [0.1, 0.15) is 18.7 Å². The summed E-state index contributed by atoms with van der Waals surface area (Å²) in [6, 6.07) is 3.78. The quantitative estimate of drug-likeness (QED) is 0.671. The Bertz CT molecular complexity index is 541. The number of esters is 1. The van der Waals surface area contributed by atoms with E-state index in [-0.39, 0.29) is 12.5 Å². The highest BCUT2D eigenvalue weighted by Gasteiger charge is 2.30. The highest BCUT2D eigenvalue weighted by atomic mass is 32.1. The van der Waals surface area contributed by atoms with Gasteiger partial charge in [-0.25, -0.2) is 4.79 Å². The molecule has 0 radical (unpaired) electrons. The van der Waals surface area contributed by atoms with E-state index in [1.54, 1.807) is 19.9 Å². The first-order chi connectivity index (χ1) is 8.63. The Morgan fingerprint density at radius 1 is 1.56 bits per heavy atom. The SMILES string of the molecule is CCOC(=O)C1=C(C)NC(=O)C1=Cc1cccs1. The van der Waals surface area contributed by atoms with E-state index in [2.05, 4.69) is 5.32 Å². The van der Waals surface area contributed by atoms with Gasteiger partial charge in [0, 0.05) is 10.6 Å². The van der Waals surface area contributed by atoms with E-state index in [0.717, 1.165) is 4.88 Å². The van der Waals surface area contributed by atoms with Gasteiger partial charge in [-0.15, -0.1) is 11.3 Å². The van der Waals surface area contributed by atoms with E-state index in [4.69, 9.17) is 4.74 Å². The van der Waals surface area contributed by atoms with Gasteiger partial charge in [0.1, 0.15) is 0 Å². The molecule has 94 valence electrons. The van der Waals surface area contributed by atoms with Crippen LogP contribution in [0.25, 0.3) is 6.08 Å². The molecule has 0 saturated carbocycles. The summed E-state index contributed by atoms with van der Waals surface area (Å²) in [4.78, 5) is 24.6. The lowest BCUT2D eigenvalue weighted by Crippen LogP contribution is -2.15. The fourth-order valence-corrected chi connectivity index (χ4v) is 2.39. The number of carbonyl (C=O) groups excluding carboxylic acids is 2. The van der Waals surface area contributed by atoms with E-state index in [1.165, 1.54) is 11.3 Å². The molecule has 5 heteroatoms. The van der Waals surface area contributed by atoms with Crippen LogP contribution in [-0.2, 0) is 14.3 Å². The first-order valence-electron chi connectivity index (χ1n) is 5.58. The zero-order chi connectivity index (χ0) is 13.1. The second-order valence-corrected chi connectivity index (χ2v) is 4.73. The number of amides is 1. The number of ether oxygens (including phenoxy) is 1. The zero-order valence-electron chi connectivity index (χ0n) is 10.1. The minimum atomic E-state index is -0.462. The normalized spacial score (nSPS) is 17.2. The molecule has 2 rings (SSSR count). The molecule has 0 fully saturated rings. The average molecular weight is 263 g/mol. The predicted molar refractivity (Wildman–Crippen MR) is 69.8 cm³/mol. The predicted octanol–water partition coefficient (Wildman–Crippen LogP) is 2.10. The largest absolute Gasteiger partial charge is 0.462 e. The Morgan fingerprint density at radius 2 is 2.33 bits per heavy atom. The minimum Gasteiger partial charge on any atom is -0.462 e. The first kappa shape index (κ1) is 12.6. The van der Waals surface area contributed by atoms with Crippen LogP contribution in [-0.4, -0.2) is 18.5 Å². The van der Waals surface area contributed by atoms with Crippen molar-refractivity contribution in [1.29, 1.82) is 0 Å². The number of nitrogens with one attached hydrogen (secondary N) is 1. The van der Waals surface area contributed by atoms with Crippen molar-refractivity contribution in [1.82, 2.24) is 5.32 Å².